The summed E-state index contributed by atoms with van der Waals surface area (Å²) in [4.78, 5) is 101. The minimum atomic E-state index is -0.246. The van der Waals surface area contributed by atoms with E-state index < -0.39 is 0 Å². The molecule has 27 nitrogen and oxygen atoms in total. The van der Waals surface area contributed by atoms with Crippen molar-refractivity contribution in [2.75, 3.05) is 0 Å². The number of phenolic OH excluding ortho intramolecular Hbond substituents is 3. The van der Waals surface area contributed by atoms with Gasteiger partial charge in [0.15, 0.2) is 23.0 Å². The summed E-state index contributed by atoms with van der Waals surface area (Å²) in [7, 11) is 11.8. The van der Waals surface area contributed by atoms with E-state index in [0.29, 0.717) is 102 Å². The standard InChI is InChI=1S/2C20H17N3O3.3C20H16N2O3/c1-22-11-9-15(18(20(22)25)26-13-6-4-3-5-7-13)16-12-23(2)19(24)17-14(16)8-10-21-17;1-22-12-17(26-13-6-4-3-5-7-13)15(10-18(22)24)16-11-23(2)20(25)19-14(16)8-9-21-19;1-22-12-15(14-10-11-21-19(14)20(22)24)18-16(23)8-5-9-17(18)25-13-6-3-2-4-7-13;1-22-12-16(14-10-11-21-18(14)20(22)24)15-8-5-9-17(23)19(15)25-13-6-3-2-4-7-13;1-22-12-17(16-9-10-21-19(16)20(22)24)15-8-7-13(23)11-18(15)25-14-5-3-2-4-6-14/h2*3-12,21H,1-2H3;3*2-12,21,23H,1H3. The van der Waals surface area contributed by atoms with Gasteiger partial charge >= 0.3 is 0 Å². The zero-order valence-electron chi connectivity index (χ0n) is 69.5. The number of benzene rings is 8. The third-order valence-corrected chi connectivity index (χ3v) is 21.1. The molecule has 8 N–H and O–H groups in total. The molecule has 20 aromatic rings. The van der Waals surface area contributed by atoms with Gasteiger partial charge in [-0.25, -0.2) is 0 Å². The fraction of sp³-hybridized carbons (Fsp3) is 0.0700. The maximum Gasteiger partial charge on any atom is 0.293 e. The first kappa shape index (κ1) is 83.2. The normalized spacial score (nSPS) is 11.0. The Morgan fingerprint density at radius 1 is 0.244 bits per heavy atom. The zero-order chi connectivity index (χ0) is 88.7. The summed E-state index contributed by atoms with van der Waals surface area (Å²) in [5.74, 6) is 5.62. The van der Waals surface area contributed by atoms with Gasteiger partial charge in [0, 0.05) is 207 Å². The minimum Gasteiger partial charge on any atom is -0.508 e. The van der Waals surface area contributed by atoms with Crippen molar-refractivity contribution in [1.29, 1.82) is 0 Å². The van der Waals surface area contributed by atoms with E-state index in [1.165, 1.54) is 38.0 Å². The van der Waals surface area contributed by atoms with Crippen LogP contribution in [0.5, 0.6) is 74.7 Å². The molecule has 0 amide bonds. The molecular weight excluding hydrogens is 1610 g/mol. The molecule has 0 spiro atoms. The number of hydrogen-bond acceptors (Lipinski definition) is 15. The Bertz CT molecular complexity index is 7800. The van der Waals surface area contributed by atoms with Crippen molar-refractivity contribution >= 4 is 54.5 Å². The fourth-order valence-electron chi connectivity index (χ4n) is 14.8. The van der Waals surface area contributed by atoms with Gasteiger partial charge in [-0.3, -0.25) is 33.6 Å². The molecule has 127 heavy (non-hydrogen) atoms. The highest BCUT2D eigenvalue weighted by Crippen LogP contribution is 2.46. The molecule has 12 aromatic heterocycles. The van der Waals surface area contributed by atoms with Crippen molar-refractivity contribution in [3.63, 3.8) is 0 Å². The van der Waals surface area contributed by atoms with Crippen molar-refractivity contribution in [3.8, 4) is 130 Å². The predicted molar refractivity (Wildman–Crippen MR) is 493 cm³/mol. The first-order chi connectivity index (χ1) is 61.5. The quantitative estimate of drug-likeness (QED) is 0.0473. The second-order valence-electron chi connectivity index (χ2n) is 29.7. The second kappa shape index (κ2) is 36.1. The van der Waals surface area contributed by atoms with Gasteiger partial charge in [-0.1, -0.05) is 109 Å². The average molecular weight is 1690 g/mol. The van der Waals surface area contributed by atoms with Crippen LogP contribution in [0.2, 0.25) is 0 Å². The first-order valence-electron chi connectivity index (χ1n) is 39.9. The SMILES string of the molecule is Cn1cc(-c2c(O)cccc2Oc2ccccc2)c2cc[nH]c2c1=O.Cn1cc(-c2ccc(O)cc2Oc2ccccc2)c2cc[nH]c2c1=O.Cn1cc(-c2cccc(O)c2Oc2ccccc2)c2cc[nH]c2c1=O.Cn1cc(Oc2ccccc2)c(-c2cn(C)c(=O)c3[nH]ccc23)cc1=O.Cn1ccc(-c2cn(C)c(=O)c3[nH]ccc23)c(Oc2ccccc2)c1=O. The summed E-state index contributed by atoms with van der Waals surface area (Å²) >= 11 is 0. The zero-order valence-corrected chi connectivity index (χ0v) is 69.5. The number of fused-ring (bicyclic) bond motifs is 5. The van der Waals surface area contributed by atoms with Gasteiger partial charge in [-0.15, -0.1) is 0 Å². The first-order valence-corrected chi connectivity index (χ1v) is 39.9. The topological polar surface area (TPSA) is 340 Å². The number of hydrogen-bond donors (Lipinski definition) is 8. The molecule has 0 radical (unpaired) electrons. The maximum absolute atomic E-state index is 12.8. The molecular formula is C100H82N12O15. The molecule has 0 saturated heterocycles. The van der Waals surface area contributed by atoms with E-state index in [1.54, 1.807) is 184 Å². The van der Waals surface area contributed by atoms with Crippen LogP contribution in [0.25, 0.3) is 110 Å². The van der Waals surface area contributed by atoms with E-state index in [0.717, 1.165) is 60.3 Å². The Morgan fingerprint density at radius 3 is 1.01 bits per heavy atom. The smallest absolute Gasteiger partial charge is 0.293 e. The molecule has 0 atom stereocenters. The van der Waals surface area contributed by atoms with E-state index in [9.17, 15) is 48.9 Å². The molecule has 12 heterocycles. The highest BCUT2D eigenvalue weighted by Gasteiger charge is 2.24. The summed E-state index contributed by atoms with van der Waals surface area (Å²) < 4.78 is 40.4. The summed E-state index contributed by atoms with van der Waals surface area (Å²) in [6.45, 7) is 0. The van der Waals surface area contributed by atoms with Crippen LogP contribution in [0.1, 0.15) is 0 Å². The van der Waals surface area contributed by atoms with Gasteiger partial charge in [-0.2, -0.15) is 0 Å². The number of para-hydroxylation sites is 6. The third-order valence-electron chi connectivity index (χ3n) is 21.1. The van der Waals surface area contributed by atoms with Crippen molar-refractivity contribution < 1.29 is 39.0 Å². The lowest BCUT2D eigenvalue weighted by atomic mass is 10.0. The summed E-state index contributed by atoms with van der Waals surface area (Å²) in [5.41, 5.74) is 8.81. The van der Waals surface area contributed by atoms with Crippen LogP contribution in [-0.2, 0) is 49.3 Å². The third kappa shape index (κ3) is 17.3. The number of nitrogens with one attached hydrogen (secondary N) is 5. The van der Waals surface area contributed by atoms with Crippen molar-refractivity contribution in [2.45, 2.75) is 0 Å². The summed E-state index contributed by atoms with van der Waals surface area (Å²) in [6.07, 6.45) is 20.7. The highest BCUT2D eigenvalue weighted by molar-refractivity contribution is 6.01. The van der Waals surface area contributed by atoms with E-state index in [4.69, 9.17) is 23.7 Å². The molecule has 0 unspecified atom stereocenters. The predicted octanol–water partition coefficient (Wildman–Crippen LogP) is 18.1. The number of aromatic amines is 5. The lowest BCUT2D eigenvalue weighted by molar-refractivity contribution is 0.412. The van der Waals surface area contributed by atoms with Crippen molar-refractivity contribution in [3.05, 3.63) is 396 Å². The van der Waals surface area contributed by atoms with E-state index in [1.807, 2.05) is 182 Å². The number of ether oxygens (including phenoxy) is 5. The average Bonchev–Trinajstić information content (AvgIpc) is 1.72. The van der Waals surface area contributed by atoms with Gasteiger partial charge in [-0.05, 0) is 127 Å². The molecule has 20 rings (SSSR count). The number of H-pyrrole nitrogens is 5. The number of aromatic hydroxyl groups is 3. The largest absolute Gasteiger partial charge is 0.508 e. The number of pyridine rings is 7. The van der Waals surface area contributed by atoms with Gasteiger partial charge in [0.1, 0.15) is 79.3 Å². The van der Waals surface area contributed by atoms with Crippen LogP contribution in [0.15, 0.2) is 357 Å². The monoisotopic (exact) mass is 1690 g/mol. The molecule has 0 saturated carbocycles. The highest BCUT2D eigenvalue weighted by atomic mass is 16.5. The van der Waals surface area contributed by atoms with E-state index in [2.05, 4.69) is 24.9 Å². The number of nitrogens with zero attached hydrogens (tertiary/aromatic N) is 7. The number of phenols is 3. The molecule has 0 aliphatic heterocycles. The maximum atomic E-state index is 12.8. The molecule has 27 heteroatoms. The number of aromatic nitrogens is 12. The van der Waals surface area contributed by atoms with E-state index >= 15 is 0 Å². The molecule has 632 valence electrons. The Balaban J connectivity index is 0.000000117. The Kier molecular flexibility index (Phi) is 23.6. The number of aryl methyl sites for hydroxylation is 7. The Morgan fingerprint density at radius 2 is 0.583 bits per heavy atom. The molecule has 0 bridgehead atoms. The Labute approximate surface area is 721 Å². The lowest BCUT2D eigenvalue weighted by Crippen LogP contribution is -2.19. The van der Waals surface area contributed by atoms with Crippen LogP contribution >= 0.6 is 0 Å². The Hall–Kier alpha value is -17.5. The van der Waals surface area contributed by atoms with Crippen LogP contribution in [0, 0.1) is 0 Å². The van der Waals surface area contributed by atoms with E-state index in [-0.39, 0.29) is 61.9 Å². The lowest BCUT2D eigenvalue weighted by Gasteiger charge is -2.14. The van der Waals surface area contributed by atoms with Gasteiger partial charge in [0.05, 0.1) is 11.8 Å². The molecule has 0 aliphatic carbocycles. The van der Waals surface area contributed by atoms with Crippen LogP contribution in [0.4, 0.5) is 0 Å². The van der Waals surface area contributed by atoms with Gasteiger partial charge in [0.25, 0.3) is 38.9 Å². The van der Waals surface area contributed by atoms with Crippen LogP contribution in [0.3, 0.4) is 0 Å². The van der Waals surface area contributed by atoms with Crippen molar-refractivity contribution in [1.82, 2.24) is 56.9 Å². The second-order valence-corrected chi connectivity index (χ2v) is 29.7. The number of rotatable bonds is 15. The minimum absolute atomic E-state index is 0.0406. The van der Waals surface area contributed by atoms with Crippen LogP contribution < -0.4 is 62.6 Å². The molecule has 8 aromatic carbocycles. The van der Waals surface area contributed by atoms with Crippen LogP contribution in [-0.4, -0.2) is 72.2 Å². The molecule has 0 aliphatic rings. The summed E-state index contributed by atoms with van der Waals surface area (Å²) in [5, 5.41) is 34.6. The van der Waals surface area contributed by atoms with Gasteiger partial charge < -0.3 is 95.9 Å². The van der Waals surface area contributed by atoms with Gasteiger partial charge in [0.2, 0.25) is 0 Å². The summed E-state index contributed by atoms with van der Waals surface area (Å²) in [6, 6.07) is 74.4. The molecule has 0 fully saturated rings. The van der Waals surface area contributed by atoms with Crippen molar-refractivity contribution in [2.24, 2.45) is 49.3 Å². The fourth-order valence-corrected chi connectivity index (χ4v) is 14.8.